The first-order chi connectivity index (χ1) is 9.90. The van der Waals surface area contributed by atoms with E-state index in [2.05, 4.69) is 10.3 Å². The Balaban J connectivity index is 2.21. The summed E-state index contributed by atoms with van der Waals surface area (Å²) in [6.45, 7) is 3.51. The van der Waals surface area contributed by atoms with E-state index >= 15 is 0 Å². The van der Waals surface area contributed by atoms with Gasteiger partial charge in [-0.05, 0) is 36.6 Å². The third-order valence-electron chi connectivity index (χ3n) is 3.08. The molecule has 0 fully saturated rings. The van der Waals surface area contributed by atoms with E-state index in [0.717, 1.165) is 11.6 Å². The number of hydrogen-bond donors (Lipinski definition) is 2. The van der Waals surface area contributed by atoms with Crippen molar-refractivity contribution in [2.24, 2.45) is 0 Å². The molecule has 6 heteroatoms. The molecule has 0 saturated heterocycles. The van der Waals surface area contributed by atoms with E-state index in [1.807, 2.05) is 0 Å². The summed E-state index contributed by atoms with van der Waals surface area (Å²) in [4.78, 5) is 14.6. The van der Waals surface area contributed by atoms with Crippen LogP contribution in [-0.4, -0.2) is 16.1 Å². The smallest absolute Gasteiger partial charge is 0.338 e. The van der Waals surface area contributed by atoms with E-state index < -0.39 is 17.3 Å². The number of pyridine rings is 1. The summed E-state index contributed by atoms with van der Waals surface area (Å²) < 4.78 is 27.4. The lowest BCUT2D eigenvalue weighted by atomic mass is 10.1. The van der Waals surface area contributed by atoms with E-state index in [1.165, 1.54) is 6.20 Å². The zero-order valence-corrected chi connectivity index (χ0v) is 11.6. The maximum atomic E-state index is 13.9. The number of carboxylic acids is 1. The second-order valence-electron chi connectivity index (χ2n) is 4.72. The van der Waals surface area contributed by atoms with E-state index in [9.17, 15) is 13.6 Å². The van der Waals surface area contributed by atoms with Gasteiger partial charge in [0.05, 0.1) is 0 Å². The second kappa shape index (κ2) is 5.87. The van der Waals surface area contributed by atoms with Crippen molar-refractivity contribution in [3.05, 3.63) is 58.3 Å². The minimum absolute atomic E-state index is 0.144. The van der Waals surface area contributed by atoms with Crippen LogP contribution in [0.4, 0.5) is 14.6 Å². The summed E-state index contributed by atoms with van der Waals surface area (Å²) in [5.74, 6) is -2.68. The van der Waals surface area contributed by atoms with Gasteiger partial charge in [-0.25, -0.2) is 18.6 Å². The number of aryl methyl sites for hydroxylation is 2. The molecular formula is C15H14F2N2O2. The van der Waals surface area contributed by atoms with Crippen LogP contribution in [0.3, 0.4) is 0 Å². The first-order valence-corrected chi connectivity index (χ1v) is 6.27. The van der Waals surface area contributed by atoms with Gasteiger partial charge in [-0.2, -0.15) is 0 Å². The van der Waals surface area contributed by atoms with Crippen molar-refractivity contribution in [3.8, 4) is 0 Å². The van der Waals surface area contributed by atoms with Crippen LogP contribution in [0.5, 0.6) is 0 Å². The van der Waals surface area contributed by atoms with Crippen molar-refractivity contribution in [3.63, 3.8) is 0 Å². The second-order valence-corrected chi connectivity index (χ2v) is 4.72. The van der Waals surface area contributed by atoms with Gasteiger partial charge in [-0.15, -0.1) is 0 Å². The van der Waals surface area contributed by atoms with Crippen LogP contribution in [-0.2, 0) is 6.54 Å². The Hall–Kier alpha value is -2.50. The molecule has 1 aromatic carbocycles. The van der Waals surface area contributed by atoms with Crippen molar-refractivity contribution in [2.75, 3.05) is 5.32 Å². The molecule has 0 atom stereocenters. The van der Waals surface area contributed by atoms with Gasteiger partial charge in [-0.3, -0.25) is 0 Å². The maximum absolute atomic E-state index is 13.9. The van der Waals surface area contributed by atoms with Gasteiger partial charge in [-0.1, -0.05) is 12.1 Å². The highest BCUT2D eigenvalue weighted by atomic mass is 19.1. The van der Waals surface area contributed by atoms with Gasteiger partial charge in [0, 0.05) is 12.7 Å². The van der Waals surface area contributed by atoms with Crippen LogP contribution >= 0.6 is 0 Å². The summed E-state index contributed by atoms with van der Waals surface area (Å²) in [5, 5.41) is 11.6. The molecule has 0 spiro atoms. The average Bonchev–Trinajstić information content (AvgIpc) is 2.43. The van der Waals surface area contributed by atoms with E-state index in [0.29, 0.717) is 11.1 Å². The topological polar surface area (TPSA) is 62.2 Å². The van der Waals surface area contributed by atoms with Crippen molar-refractivity contribution in [2.45, 2.75) is 20.4 Å². The summed E-state index contributed by atoms with van der Waals surface area (Å²) >= 11 is 0. The summed E-state index contributed by atoms with van der Waals surface area (Å²) in [6, 6.07) is 4.39. The van der Waals surface area contributed by atoms with Crippen LogP contribution < -0.4 is 5.32 Å². The van der Waals surface area contributed by atoms with Crippen LogP contribution in [0.2, 0.25) is 0 Å². The normalized spacial score (nSPS) is 10.5. The van der Waals surface area contributed by atoms with Crippen LogP contribution in [0.15, 0.2) is 24.4 Å². The molecule has 0 aliphatic carbocycles. The van der Waals surface area contributed by atoms with Crippen molar-refractivity contribution in [1.29, 1.82) is 0 Å². The summed E-state index contributed by atoms with van der Waals surface area (Å²) in [5.41, 5.74) is 1.31. The van der Waals surface area contributed by atoms with E-state index in [1.54, 1.807) is 26.0 Å². The van der Waals surface area contributed by atoms with Crippen molar-refractivity contribution in [1.82, 2.24) is 4.98 Å². The lowest BCUT2D eigenvalue weighted by Gasteiger charge is -2.10. The predicted octanol–water partition coefficient (Wildman–Crippen LogP) is 3.29. The number of aromatic nitrogens is 1. The third kappa shape index (κ3) is 3.16. The number of carboxylic acid groups (broad SMARTS) is 1. The number of nitrogens with one attached hydrogen (secondary N) is 1. The van der Waals surface area contributed by atoms with Gasteiger partial charge in [0.2, 0.25) is 0 Å². The Morgan fingerprint density at radius 3 is 2.43 bits per heavy atom. The maximum Gasteiger partial charge on any atom is 0.338 e. The lowest BCUT2D eigenvalue weighted by Crippen LogP contribution is -2.09. The standard InChI is InChI=1S/C15H14F2N2O2/c1-8-5-10(6-9(2)12(8)16)7-19-14-13(17)11(15(20)21)3-4-18-14/h3-6H,7H2,1-2H3,(H,18,19)(H,20,21). The number of anilines is 1. The molecule has 0 amide bonds. The first-order valence-electron chi connectivity index (χ1n) is 6.27. The van der Waals surface area contributed by atoms with Gasteiger partial charge in [0.1, 0.15) is 11.4 Å². The first kappa shape index (κ1) is 14.9. The van der Waals surface area contributed by atoms with Crippen LogP contribution in [0, 0.1) is 25.5 Å². The monoisotopic (exact) mass is 292 g/mol. The molecule has 0 saturated carbocycles. The number of carbonyl (C=O) groups is 1. The highest BCUT2D eigenvalue weighted by Crippen LogP contribution is 2.18. The Labute approximate surface area is 120 Å². The van der Waals surface area contributed by atoms with Crippen LogP contribution in [0.1, 0.15) is 27.0 Å². The number of aromatic carboxylic acids is 1. The van der Waals surface area contributed by atoms with Crippen molar-refractivity contribution >= 4 is 11.8 Å². The molecule has 21 heavy (non-hydrogen) atoms. The summed E-state index contributed by atoms with van der Waals surface area (Å²) in [6.07, 6.45) is 1.22. The Morgan fingerprint density at radius 2 is 1.86 bits per heavy atom. The molecular weight excluding hydrogens is 278 g/mol. The number of rotatable bonds is 4. The third-order valence-corrected chi connectivity index (χ3v) is 3.08. The quantitative estimate of drug-likeness (QED) is 0.907. The number of nitrogens with zero attached hydrogens (tertiary/aromatic N) is 1. The minimum Gasteiger partial charge on any atom is -0.478 e. The minimum atomic E-state index is -1.36. The van der Waals surface area contributed by atoms with Gasteiger partial charge in [0.15, 0.2) is 11.6 Å². The van der Waals surface area contributed by atoms with Gasteiger partial charge < -0.3 is 10.4 Å². The molecule has 1 aromatic heterocycles. The Bertz CT molecular complexity index is 679. The van der Waals surface area contributed by atoms with Gasteiger partial charge >= 0.3 is 5.97 Å². The molecule has 0 unspecified atom stereocenters. The van der Waals surface area contributed by atoms with Crippen LogP contribution in [0.25, 0.3) is 0 Å². The number of hydrogen-bond acceptors (Lipinski definition) is 3. The van der Waals surface area contributed by atoms with E-state index in [4.69, 9.17) is 5.11 Å². The lowest BCUT2D eigenvalue weighted by molar-refractivity contribution is 0.0692. The van der Waals surface area contributed by atoms with Crippen molar-refractivity contribution < 1.29 is 18.7 Å². The molecule has 2 rings (SSSR count). The van der Waals surface area contributed by atoms with Gasteiger partial charge in [0.25, 0.3) is 0 Å². The molecule has 2 aromatic rings. The molecule has 110 valence electrons. The molecule has 1 heterocycles. The molecule has 0 radical (unpaired) electrons. The number of halogens is 2. The molecule has 0 bridgehead atoms. The SMILES string of the molecule is Cc1cc(CNc2nccc(C(=O)O)c2F)cc(C)c1F. The Kier molecular flexibility index (Phi) is 4.16. The fourth-order valence-corrected chi connectivity index (χ4v) is 2.06. The largest absolute Gasteiger partial charge is 0.478 e. The Morgan fingerprint density at radius 1 is 1.24 bits per heavy atom. The number of benzene rings is 1. The summed E-state index contributed by atoms with van der Waals surface area (Å²) in [7, 11) is 0. The molecule has 4 nitrogen and oxygen atoms in total. The molecule has 0 aliphatic heterocycles. The zero-order valence-electron chi connectivity index (χ0n) is 11.6. The molecule has 2 N–H and O–H groups in total. The highest BCUT2D eigenvalue weighted by molar-refractivity contribution is 5.88. The fourth-order valence-electron chi connectivity index (χ4n) is 2.06. The van der Waals surface area contributed by atoms with E-state index in [-0.39, 0.29) is 18.2 Å². The fraction of sp³-hybridized carbons (Fsp3) is 0.200. The zero-order chi connectivity index (χ0) is 15.6. The predicted molar refractivity (Wildman–Crippen MR) is 74.4 cm³/mol. The molecule has 0 aliphatic rings. The highest BCUT2D eigenvalue weighted by Gasteiger charge is 2.15. The average molecular weight is 292 g/mol.